The molecule has 1 heterocycles. The van der Waals surface area contributed by atoms with Crippen molar-refractivity contribution in [3.63, 3.8) is 0 Å². The van der Waals surface area contributed by atoms with Gasteiger partial charge in [-0.15, -0.1) is 11.6 Å². The van der Waals surface area contributed by atoms with Crippen LogP contribution in [0.1, 0.15) is 48.3 Å². The summed E-state index contributed by atoms with van der Waals surface area (Å²) in [6, 6.07) is 6.90. The molecule has 104 valence electrons. The van der Waals surface area contributed by atoms with E-state index in [1.54, 1.807) is 5.56 Å². The molecule has 0 amide bonds. The summed E-state index contributed by atoms with van der Waals surface area (Å²) in [6.45, 7) is 5.79. The Morgan fingerprint density at radius 1 is 1.26 bits per heavy atom. The van der Waals surface area contributed by atoms with E-state index < -0.39 is 0 Å². The highest BCUT2D eigenvalue weighted by Crippen LogP contribution is 2.29. The van der Waals surface area contributed by atoms with E-state index in [4.69, 9.17) is 11.6 Å². The molecule has 1 saturated heterocycles. The zero-order chi connectivity index (χ0) is 13.2. The first-order valence-corrected chi connectivity index (χ1v) is 8.14. The number of aryl methyl sites for hydroxylation is 2. The lowest BCUT2D eigenvalue weighted by molar-refractivity contribution is 0.184. The van der Waals surface area contributed by atoms with Crippen molar-refractivity contribution in [3.05, 3.63) is 34.9 Å². The van der Waals surface area contributed by atoms with Gasteiger partial charge >= 0.3 is 0 Å². The van der Waals surface area contributed by atoms with Crippen molar-refractivity contribution >= 4 is 11.6 Å². The van der Waals surface area contributed by atoms with Gasteiger partial charge in [-0.25, -0.2) is 0 Å². The molecule has 2 unspecified atom stereocenters. The van der Waals surface area contributed by atoms with E-state index in [9.17, 15) is 0 Å². The molecule has 1 nitrogen and oxygen atoms in total. The van der Waals surface area contributed by atoms with Gasteiger partial charge in [0.05, 0.1) is 5.38 Å². The van der Waals surface area contributed by atoms with Crippen molar-refractivity contribution in [1.29, 1.82) is 0 Å². The summed E-state index contributed by atoms with van der Waals surface area (Å²) in [4.78, 5) is 2.54. The highest BCUT2D eigenvalue weighted by molar-refractivity contribution is 6.21. The molecule has 2 heteroatoms. The lowest BCUT2D eigenvalue weighted by Crippen LogP contribution is -2.36. The molecular formula is C17H24ClN. The highest BCUT2D eigenvalue weighted by atomic mass is 35.5. The second kappa shape index (κ2) is 5.85. The summed E-state index contributed by atoms with van der Waals surface area (Å²) in [5, 5.41) is 0.149. The van der Waals surface area contributed by atoms with E-state index in [1.807, 2.05) is 0 Å². The maximum atomic E-state index is 6.65. The Hall–Kier alpha value is -0.530. The predicted molar refractivity (Wildman–Crippen MR) is 81.9 cm³/mol. The summed E-state index contributed by atoms with van der Waals surface area (Å²) >= 11 is 6.65. The second-order valence-electron chi connectivity index (χ2n) is 6.36. The summed E-state index contributed by atoms with van der Waals surface area (Å²) in [7, 11) is 0. The van der Waals surface area contributed by atoms with Gasteiger partial charge in [0, 0.05) is 13.1 Å². The molecule has 2 atom stereocenters. The Bertz CT molecular complexity index is 443. The minimum atomic E-state index is 0.149. The van der Waals surface area contributed by atoms with Gasteiger partial charge in [0.15, 0.2) is 0 Å². The summed E-state index contributed by atoms with van der Waals surface area (Å²) in [5.74, 6) is 0.831. The molecule has 3 rings (SSSR count). The van der Waals surface area contributed by atoms with Crippen molar-refractivity contribution in [3.8, 4) is 0 Å². The number of rotatable bonds is 3. The number of benzene rings is 1. The molecular weight excluding hydrogens is 254 g/mol. The topological polar surface area (TPSA) is 3.24 Å². The SMILES string of the molecule is CC1CCCN(CC(Cl)c2ccc3c(c2)CCC3)C1. The number of alkyl halides is 1. The molecule has 0 bridgehead atoms. The molecule has 1 aliphatic heterocycles. The number of halogens is 1. The van der Waals surface area contributed by atoms with Crippen LogP contribution in [0.3, 0.4) is 0 Å². The van der Waals surface area contributed by atoms with Crippen LogP contribution in [0.15, 0.2) is 18.2 Å². The average molecular weight is 278 g/mol. The first-order chi connectivity index (χ1) is 9.22. The highest BCUT2D eigenvalue weighted by Gasteiger charge is 2.20. The largest absolute Gasteiger partial charge is 0.301 e. The van der Waals surface area contributed by atoms with Crippen LogP contribution in [0, 0.1) is 5.92 Å². The first-order valence-electron chi connectivity index (χ1n) is 7.70. The van der Waals surface area contributed by atoms with Crippen LogP contribution in [-0.2, 0) is 12.8 Å². The number of piperidine rings is 1. The zero-order valence-corrected chi connectivity index (χ0v) is 12.6. The van der Waals surface area contributed by atoms with Gasteiger partial charge < -0.3 is 4.90 Å². The number of nitrogens with zero attached hydrogens (tertiary/aromatic N) is 1. The van der Waals surface area contributed by atoms with Gasteiger partial charge in [0.2, 0.25) is 0 Å². The molecule has 0 N–H and O–H groups in total. The average Bonchev–Trinajstić information content (AvgIpc) is 2.85. The van der Waals surface area contributed by atoms with Crippen LogP contribution < -0.4 is 0 Å². The standard InChI is InChI=1S/C17H24ClN/c1-13-4-3-9-19(11-13)12-17(18)16-8-7-14-5-2-6-15(14)10-16/h7-8,10,13,17H,2-6,9,11-12H2,1H3. The minimum absolute atomic E-state index is 0.149. The second-order valence-corrected chi connectivity index (χ2v) is 6.88. The Labute approximate surface area is 121 Å². The van der Waals surface area contributed by atoms with Crippen molar-refractivity contribution in [2.45, 2.75) is 44.4 Å². The maximum absolute atomic E-state index is 6.65. The molecule has 1 fully saturated rings. The smallest absolute Gasteiger partial charge is 0.0712 e. The third kappa shape index (κ3) is 3.14. The lowest BCUT2D eigenvalue weighted by Gasteiger charge is -2.32. The van der Waals surface area contributed by atoms with E-state index in [0.29, 0.717) is 0 Å². The summed E-state index contributed by atoms with van der Waals surface area (Å²) in [6.07, 6.45) is 6.52. The fourth-order valence-corrected chi connectivity index (χ4v) is 3.90. The van der Waals surface area contributed by atoms with Crippen molar-refractivity contribution in [2.24, 2.45) is 5.92 Å². The Kier molecular flexibility index (Phi) is 4.14. The third-order valence-electron chi connectivity index (χ3n) is 4.64. The van der Waals surface area contributed by atoms with Crippen LogP contribution in [-0.4, -0.2) is 24.5 Å². The van der Waals surface area contributed by atoms with E-state index in [1.165, 1.54) is 56.3 Å². The minimum Gasteiger partial charge on any atom is -0.301 e. The van der Waals surface area contributed by atoms with Crippen LogP contribution in [0.25, 0.3) is 0 Å². The van der Waals surface area contributed by atoms with Gasteiger partial charge in [-0.2, -0.15) is 0 Å². The number of hydrogen-bond acceptors (Lipinski definition) is 1. The summed E-state index contributed by atoms with van der Waals surface area (Å²) < 4.78 is 0. The van der Waals surface area contributed by atoms with Crippen LogP contribution in [0.4, 0.5) is 0 Å². The predicted octanol–water partition coefficient (Wildman–Crippen LogP) is 4.19. The van der Waals surface area contributed by atoms with E-state index in [0.717, 1.165) is 12.5 Å². The molecule has 0 radical (unpaired) electrons. The molecule has 19 heavy (non-hydrogen) atoms. The third-order valence-corrected chi connectivity index (χ3v) is 5.03. The van der Waals surface area contributed by atoms with Gasteiger partial charge in [-0.05, 0) is 61.3 Å². The first kappa shape index (κ1) is 13.5. The molecule has 2 aliphatic rings. The number of hydrogen-bond donors (Lipinski definition) is 0. The van der Waals surface area contributed by atoms with Gasteiger partial charge in [0.25, 0.3) is 0 Å². The molecule has 0 aromatic heterocycles. The normalized spacial score (nSPS) is 25.3. The molecule has 1 aromatic rings. The number of fused-ring (bicyclic) bond motifs is 1. The van der Waals surface area contributed by atoms with Crippen molar-refractivity contribution < 1.29 is 0 Å². The van der Waals surface area contributed by atoms with Crippen LogP contribution in [0.2, 0.25) is 0 Å². The lowest BCUT2D eigenvalue weighted by atomic mass is 9.99. The van der Waals surface area contributed by atoms with Gasteiger partial charge in [0.1, 0.15) is 0 Å². The maximum Gasteiger partial charge on any atom is 0.0712 e. The van der Waals surface area contributed by atoms with E-state index >= 15 is 0 Å². The molecule has 0 spiro atoms. The van der Waals surface area contributed by atoms with E-state index in [2.05, 4.69) is 30.0 Å². The molecule has 0 saturated carbocycles. The Balaban J connectivity index is 1.65. The van der Waals surface area contributed by atoms with Crippen molar-refractivity contribution in [1.82, 2.24) is 4.90 Å². The quantitative estimate of drug-likeness (QED) is 0.749. The molecule has 1 aliphatic carbocycles. The zero-order valence-electron chi connectivity index (χ0n) is 11.9. The number of likely N-dealkylation sites (tertiary alicyclic amines) is 1. The van der Waals surface area contributed by atoms with Crippen molar-refractivity contribution in [2.75, 3.05) is 19.6 Å². The van der Waals surface area contributed by atoms with Crippen LogP contribution in [0.5, 0.6) is 0 Å². The van der Waals surface area contributed by atoms with Gasteiger partial charge in [-0.1, -0.05) is 25.1 Å². The summed E-state index contributed by atoms with van der Waals surface area (Å²) in [5.41, 5.74) is 4.40. The fourth-order valence-electron chi connectivity index (χ4n) is 3.57. The van der Waals surface area contributed by atoms with E-state index in [-0.39, 0.29) is 5.38 Å². The fraction of sp³-hybridized carbons (Fsp3) is 0.647. The van der Waals surface area contributed by atoms with Crippen LogP contribution >= 0.6 is 11.6 Å². The Morgan fingerprint density at radius 2 is 2.11 bits per heavy atom. The van der Waals surface area contributed by atoms with Gasteiger partial charge in [-0.3, -0.25) is 0 Å². The molecule has 1 aromatic carbocycles. The monoisotopic (exact) mass is 277 g/mol. The Morgan fingerprint density at radius 3 is 2.95 bits per heavy atom.